The summed E-state index contributed by atoms with van der Waals surface area (Å²) in [6, 6.07) is 15.4. The van der Waals surface area contributed by atoms with E-state index in [1.54, 1.807) is 0 Å². The molecule has 0 saturated heterocycles. The maximum Gasteiger partial charge on any atom is 0.270 e. The smallest absolute Gasteiger partial charge is 0.270 e. The highest BCUT2D eigenvalue weighted by Crippen LogP contribution is 2.27. The highest BCUT2D eigenvalue weighted by atomic mass is 32.2. The van der Waals surface area contributed by atoms with Gasteiger partial charge in [-0.3, -0.25) is 9.59 Å². The van der Waals surface area contributed by atoms with Gasteiger partial charge in [0.25, 0.3) is 5.56 Å². The first kappa shape index (κ1) is 23.3. The van der Waals surface area contributed by atoms with Crippen LogP contribution in [0.4, 0.5) is 5.69 Å². The first-order valence-electron chi connectivity index (χ1n) is 10.2. The number of carbonyl (C=O) groups excluding carboxylic acids is 1. The van der Waals surface area contributed by atoms with Gasteiger partial charge < -0.3 is 10.3 Å². The summed E-state index contributed by atoms with van der Waals surface area (Å²) in [5.74, 6) is -0.130. The molecule has 7 heteroatoms. The van der Waals surface area contributed by atoms with Crippen LogP contribution in [0, 0.1) is 25.2 Å². The molecular formula is C25H26N4O2S. The van der Waals surface area contributed by atoms with Crippen molar-refractivity contribution < 1.29 is 4.79 Å². The molecule has 0 radical (unpaired) electrons. The van der Waals surface area contributed by atoms with E-state index in [4.69, 9.17) is 0 Å². The zero-order valence-electron chi connectivity index (χ0n) is 18.9. The Kier molecular flexibility index (Phi) is 6.85. The number of benzene rings is 2. The van der Waals surface area contributed by atoms with Crippen LogP contribution in [0.1, 0.15) is 43.0 Å². The van der Waals surface area contributed by atoms with Gasteiger partial charge >= 0.3 is 0 Å². The third-order valence-corrected chi connectivity index (χ3v) is 5.90. The zero-order valence-corrected chi connectivity index (χ0v) is 19.7. The van der Waals surface area contributed by atoms with Crippen molar-refractivity contribution in [2.24, 2.45) is 0 Å². The number of nitrogens with zero attached hydrogens (tertiary/aromatic N) is 2. The monoisotopic (exact) mass is 446 g/mol. The molecule has 3 aromatic rings. The maximum atomic E-state index is 12.5. The molecule has 0 aliphatic rings. The van der Waals surface area contributed by atoms with E-state index in [9.17, 15) is 14.9 Å². The van der Waals surface area contributed by atoms with Crippen molar-refractivity contribution in [1.82, 2.24) is 9.97 Å². The van der Waals surface area contributed by atoms with E-state index in [-0.39, 0.29) is 22.6 Å². The highest BCUT2D eigenvalue weighted by molar-refractivity contribution is 7.99. The van der Waals surface area contributed by atoms with E-state index in [1.807, 2.05) is 62.4 Å². The first-order valence-corrected chi connectivity index (χ1v) is 11.2. The fourth-order valence-electron chi connectivity index (χ4n) is 3.24. The number of aryl methyl sites for hydroxylation is 2. The number of carbonyl (C=O) groups is 1. The van der Waals surface area contributed by atoms with Gasteiger partial charge in [0.15, 0.2) is 5.16 Å². The Morgan fingerprint density at radius 1 is 1.16 bits per heavy atom. The van der Waals surface area contributed by atoms with Crippen LogP contribution in [-0.4, -0.2) is 21.6 Å². The second-order valence-electron chi connectivity index (χ2n) is 8.69. The van der Waals surface area contributed by atoms with Crippen LogP contribution in [0.5, 0.6) is 0 Å². The highest BCUT2D eigenvalue weighted by Gasteiger charge is 2.17. The van der Waals surface area contributed by atoms with Gasteiger partial charge in [-0.15, -0.1) is 0 Å². The molecule has 0 fully saturated rings. The van der Waals surface area contributed by atoms with Gasteiger partial charge in [-0.25, -0.2) is 4.98 Å². The molecule has 0 bridgehead atoms. The number of hydrogen-bond acceptors (Lipinski definition) is 5. The van der Waals surface area contributed by atoms with Crippen molar-refractivity contribution in [3.05, 3.63) is 75.1 Å². The molecule has 0 unspecified atom stereocenters. The van der Waals surface area contributed by atoms with Gasteiger partial charge in [-0.05, 0) is 36.5 Å². The number of aromatic nitrogens is 2. The predicted molar refractivity (Wildman–Crippen MR) is 129 cm³/mol. The minimum absolute atomic E-state index is 0.0116. The Labute approximate surface area is 192 Å². The molecule has 2 N–H and O–H groups in total. The number of nitriles is 1. The Hall–Kier alpha value is -3.37. The number of anilines is 1. The second kappa shape index (κ2) is 9.41. The molecule has 1 aromatic heterocycles. The topological polar surface area (TPSA) is 98.6 Å². The Morgan fingerprint density at radius 2 is 1.84 bits per heavy atom. The number of hydrogen-bond donors (Lipinski definition) is 2. The van der Waals surface area contributed by atoms with Crippen LogP contribution in [0.2, 0.25) is 0 Å². The van der Waals surface area contributed by atoms with E-state index in [0.717, 1.165) is 34.1 Å². The van der Waals surface area contributed by atoms with E-state index >= 15 is 0 Å². The minimum atomic E-state index is -0.519. The molecule has 1 amide bonds. The van der Waals surface area contributed by atoms with Gasteiger partial charge in [-0.2, -0.15) is 5.26 Å². The molecule has 0 saturated carbocycles. The summed E-state index contributed by atoms with van der Waals surface area (Å²) < 4.78 is 0. The molecule has 0 spiro atoms. The molecule has 32 heavy (non-hydrogen) atoms. The number of H-pyrrole nitrogens is 1. The van der Waals surface area contributed by atoms with Crippen LogP contribution in [-0.2, 0) is 10.2 Å². The number of amides is 1. The maximum absolute atomic E-state index is 12.5. The number of thioether (sulfide) groups is 1. The van der Waals surface area contributed by atoms with Crippen molar-refractivity contribution in [3.63, 3.8) is 0 Å². The van der Waals surface area contributed by atoms with Crippen LogP contribution < -0.4 is 10.9 Å². The fourth-order valence-corrected chi connectivity index (χ4v) is 3.90. The summed E-state index contributed by atoms with van der Waals surface area (Å²) in [5, 5.41) is 12.7. The molecule has 0 aliphatic heterocycles. The average Bonchev–Trinajstić information content (AvgIpc) is 2.73. The van der Waals surface area contributed by atoms with Gasteiger partial charge in [0.1, 0.15) is 11.6 Å². The number of aromatic amines is 1. The standard InChI is InChI=1S/C25H26N4O2S/c1-15-6-11-20(16(2)12-15)27-21(30)14-32-24-28-22(19(13-26)23(31)29-24)17-7-9-18(10-8-17)25(3,4)5/h6-12H,14H2,1-5H3,(H,27,30)(H,28,29,31). The Bertz CT molecular complexity index is 1250. The lowest BCUT2D eigenvalue weighted by molar-refractivity contribution is -0.113. The largest absolute Gasteiger partial charge is 0.325 e. The van der Waals surface area contributed by atoms with E-state index in [1.165, 1.54) is 0 Å². The number of rotatable bonds is 5. The van der Waals surface area contributed by atoms with Crippen LogP contribution in [0.3, 0.4) is 0 Å². The Balaban J connectivity index is 1.81. The zero-order chi connectivity index (χ0) is 23.5. The van der Waals surface area contributed by atoms with Crippen LogP contribution in [0.25, 0.3) is 11.3 Å². The summed E-state index contributed by atoms with van der Waals surface area (Å²) in [6.07, 6.45) is 0. The summed E-state index contributed by atoms with van der Waals surface area (Å²) >= 11 is 1.12. The molecular weight excluding hydrogens is 420 g/mol. The van der Waals surface area contributed by atoms with E-state index < -0.39 is 5.56 Å². The molecule has 2 aromatic carbocycles. The van der Waals surface area contributed by atoms with Crippen molar-refractivity contribution in [3.8, 4) is 17.3 Å². The number of nitrogens with one attached hydrogen (secondary N) is 2. The van der Waals surface area contributed by atoms with Gasteiger partial charge in [0.2, 0.25) is 5.91 Å². The molecule has 164 valence electrons. The third-order valence-electron chi connectivity index (χ3n) is 5.03. The molecule has 1 heterocycles. The van der Waals surface area contributed by atoms with Gasteiger partial charge in [0, 0.05) is 11.3 Å². The third kappa shape index (κ3) is 5.45. The normalized spacial score (nSPS) is 11.1. The van der Waals surface area contributed by atoms with Gasteiger partial charge in [0.05, 0.1) is 11.4 Å². The summed E-state index contributed by atoms with van der Waals surface area (Å²) in [6.45, 7) is 10.3. The fraction of sp³-hybridized carbons (Fsp3) is 0.280. The van der Waals surface area contributed by atoms with Crippen molar-refractivity contribution in [1.29, 1.82) is 5.26 Å². The molecule has 6 nitrogen and oxygen atoms in total. The van der Waals surface area contributed by atoms with Crippen molar-refractivity contribution >= 4 is 23.4 Å². The predicted octanol–water partition coefficient (Wildman–Crippen LogP) is 4.95. The minimum Gasteiger partial charge on any atom is -0.325 e. The van der Waals surface area contributed by atoms with Crippen molar-refractivity contribution in [2.75, 3.05) is 11.1 Å². The first-order chi connectivity index (χ1) is 15.1. The molecule has 0 atom stereocenters. The Morgan fingerprint density at radius 3 is 2.44 bits per heavy atom. The molecule has 0 aliphatic carbocycles. The van der Waals surface area contributed by atoms with Crippen molar-refractivity contribution in [2.45, 2.75) is 45.2 Å². The second-order valence-corrected chi connectivity index (χ2v) is 9.65. The lowest BCUT2D eigenvalue weighted by Gasteiger charge is -2.19. The summed E-state index contributed by atoms with van der Waals surface area (Å²) in [7, 11) is 0. The quantitative estimate of drug-likeness (QED) is 0.427. The molecule has 3 rings (SSSR count). The SMILES string of the molecule is Cc1ccc(NC(=O)CSc2nc(-c3ccc(C(C)(C)C)cc3)c(C#N)c(=O)[nH]2)c(C)c1. The summed E-state index contributed by atoms with van der Waals surface area (Å²) in [4.78, 5) is 32.0. The van der Waals surface area contributed by atoms with Crippen LogP contribution >= 0.6 is 11.8 Å². The van der Waals surface area contributed by atoms with E-state index in [0.29, 0.717) is 16.4 Å². The van der Waals surface area contributed by atoms with Gasteiger partial charge in [-0.1, -0.05) is 74.5 Å². The average molecular weight is 447 g/mol. The lowest BCUT2D eigenvalue weighted by Crippen LogP contribution is -2.18. The lowest BCUT2D eigenvalue weighted by atomic mass is 9.86. The van der Waals surface area contributed by atoms with Crippen LogP contribution in [0.15, 0.2) is 52.4 Å². The summed E-state index contributed by atoms with van der Waals surface area (Å²) in [5.41, 5.74) is 4.42. The van der Waals surface area contributed by atoms with E-state index in [2.05, 4.69) is 36.1 Å².